The van der Waals surface area contributed by atoms with Gasteiger partial charge in [-0.15, -0.1) is 0 Å². The first-order valence-electron chi connectivity index (χ1n) is 18.5. The Morgan fingerprint density at radius 3 is 1.25 bits per heavy atom. The van der Waals surface area contributed by atoms with E-state index >= 15 is 0 Å². The molecular formula is C49H45MoN4O6-5. The van der Waals surface area contributed by atoms with Crippen molar-refractivity contribution in [1.82, 2.24) is 10.3 Å². The molecule has 8 bridgehead atoms. The average Bonchev–Trinajstić information content (AvgIpc) is 4.17. The second kappa shape index (κ2) is 24.7. The number of aromatic nitrogens is 1. The van der Waals surface area contributed by atoms with Gasteiger partial charge in [-0.25, -0.2) is 9.98 Å². The Bertz CT molecular complexity index is 2520. The molecule has 5 heterocycles. The standard InChI is InChI=1S/C44H30N4O.5CH3O.Mo/c49-39-27-38-42(30-17-9-3-10-18-30)36-24-23-34(46-36)40(28-13-5-1-6-14-28)32-21-22-33(45-32)41(29-15-7-2-8-16-29)35-25-26-37(47-35)43(44(39)48-38)31-19-11-4-12-20-31;5*1-2;/h1-27,44-45,48H;5*1H3;/q;5*-1;. The van der Waals surface area contributed by atoms with Crippen LogP contribution in [0.15, 0.2) is 191 Å². The number of fused-ring (bicyclic) bond motifs is 6. The van der Waals surface area contributed by atoms with Crippen LogP contribution in [0.5, 0.6) is 0 Å². The summed E-state index contributed by atoms with van der Waals surface area (Å²) in [6, 6.07) is 44.5. The maximum absolute atomic E-state index is 14.1. The number of benzene rings is 4. The van der Waals surface area contributed by atoms with E-state index in [-0.39, 0.29) is 26.8 Å². The SMILES string of the molecule is C[O-].C[O-].C[O-].C[O-].C[O-].O=C1C=C2NC1C(c1ccccc1)=C1C=CC(=N1)C(c1ccccc1)=c1ccc([nH]1)=C(c1ccccc1)C1=NC(=C2c2ccccc2)C=C1.[Mo]. The Morgan fingerprint density at radius 2 is 0.817 bits per heavy atom. The van der Waals surface area contributed by atoms with Crippen LogP contribution in [-0.4, -0.2) is 63.8 Å². The number of aromatic amines is 1. The summed E-state index contributed by atoms with van der Waals surface area (Å²) in [6.45, 7) is 0. The molecule has 0 radical (unpaired) electrons. The number of hydrogen-bond donors (Lipinski definition) is 2. The first kappa shape index (κ1) is 48.3. The van der Waals surface area contributed by atoms with Crippen molar-refractivity contribution in [2.24, 2.45) is 9.98 Å². The van der Waals surface area contributed by atoms with Gasteiger partial charge in [-0.2, -0.15) is 35.5 Å². The summed E-state index contributed by atoms with van der Waals surface area (Å²) in [6.07, 6.45) is 9.94. The molecule has 4 aromatic carbocycles. The molecule has 9 rings (SSSR count). The van der Waals surface area contributed by atoms with Gasteiger partial charge in [0.15, 0.2) is 5.78 Å². The molecule has 11 heteroatoms. The minimum atomic E-state index is -0.634. The Morgan fingerprint density at radius 1 is 0.450 bits per heavy atom. The Hall–Kier alpha value is -6.10. The second-order valence-corrected chi connectivity index (χ2v) is 12.3. The maximum Gasteiger partial charge on any atom is 0.184 e. The van der Waals surface area contributed by atoms with Gasteiger partial charge in [-0.05, 0) is 58.7 Å². The first-order chi connectivity index (χ1) is 29.2. The molecule has 0 saturated carbocycles. The molecule has 1 aromatic heterocycles. The number of ketones is 1. The van der Waals surface area contributed by atoms with Crippen LogP contribution < -0.4 is 41.5 Å². The summed E-state index contributed by atoms with van der Waals surface area (Å²) in [5.74, 6) is -0.0275. The zero-order valence-corrected chi connectivity index (χ0v) is 35.9. The molecule has 0 fully saturated rings. The zero-order chi connectivity index (χ0) is 42.7. The first-order valence-corrected chi connectivity index (χ1v) is 18.5. The fraction of sp³-hybridized carbons (Fsp3) is 0.122. The van der Waals surface area contributed by atoms with E-state index in [2.05, 4.69) is 77.1 Å². The van der Waals surface area contributed by atoms with Crippen LogP contribution in [-0.2, 0) is 25.9 Å². The molecule has 0 spiro atoms. The van der Waals surface area contributed by atoms with E-state index in [4.69, 9.17) is 35.5 Å². The van der Waals surface area contributed by atoms with E-state index in [0.29, 0.717) is 0 Å². The van der Waals surface area contributed by atoms with E-state index < -0.39 is 6.04 Å². The molecule has 60 heavy (non-hydrogen) atoms. The molecule has 5 aromatic rings. The molecule has 308 valence electrons. The summed E-state index contributed by atoms with van der Waals surface area (Å²) in [4.78, 5) is 28.4. The Kier molecular flexibility index (Phi) is 19.9. The molecule has 1 unspecified atom stereocenters. The number of nitrogens with zero attached hydrogens (tertiary/aromatic N) is 2. The monoisotopic (exact) mass is 883 g/mol. The van der Waals surface area contributed by atoms with E-state index in [0.717, 1.165) is 119 Å². The van der Waals surface area contributed by atoms with Crippen LogP contribution in [0.25, 0.3) is 22.3 Å². The number of H-pyrrole nitrogens is 1. The maximum atomic E-state index is 14.1. The summed E-state index contributed by atoms with van der Waals surface area (Å²) in [7, 11) is 3.75. The largest absolute Gasteiger partial charge is 0.857 e. The summed E-state index contributed by atoms with van der Waals surface area (Å²) < 4.78 is 0. The minimum absolute atomic E-state index is 0. The van der Waals surface area contributed by atoms with Gasteiger partial charge in [-0.1, -0.05) is 121 Å². The topological polar surface area (TPSA) is 185 Å². The van der Waals surface area contributed by atoms with Crippen LogP contribution in [0.3, 0.4) is 0 Å². The van der Waals surface area contributed by atoms with Gasteiger partial charge in [0, 0.05) is 65.8 Å². The fourth-order valence-electron chi connectivity index (χ4n) is 7.05. The third kappa shape index (κ3) is 10.5. The van der Waals surface area contributed by atoms with Gasteiger partial charge in [0.1, 0.15) is 6.04 Å². The van der Waals surface area contributed by atoms with Crippen LogP contribution >= 0.6 is 0 Å². The summed E-state index contributed by atoms with van der Waals surface area (Å²) >= 11 is 0. The summed E-state index contributed by atoms with van der Waals surface area (Å²) in [5.41, 5.74) is 11.6. The molecule has 4 aliphatic rings. The molecule has 10 nitrogen and oxygen atoms in total. The van der Waals surface area contributed by atoms with Crippen molar-refractivity contribution in [3.63, 3.8) is 0 Å². The third-order valence-electron chi connectivity index (χ3n) is 9.25. The van der Waals surface area contributed by atoms with Gasteiger partial charge in [0.2, 0.25) is 0 Å². The van der Waals surface area contributed by atoms with Crippen LogP contribution in [0.1, 0.15) is 22.3 Å². The van der Waals surface area contributed by atoms with Crippen LogP contribution in [0.2, 0.25) is 0 Å². The molecular weight excluding hydrogens is 837 g/mol. The Labute approximate surface area is 365 Å². The van der Waals surface area contributed by atoms with Gasteiger partial charge in [0.25, 0.3) is 0 Å². The van der Waals surface area contributed by atoms with Crippen molar-refractivity contribution in [2.75, 3.05) is 35.5 Å². The number of nitrogens with one attached hydrogen (secondary N) is 2. The minimum Gasteiger partial charge on any atom is -0.857 e. The van der Waals surface area contributed by atoms with Gasteiger partial charge in [-0.3, -0.25) is 4.79 Å². The summed E-state index contributed by atoms with van der Waals surface area (Å²) in [5, 5.41) is 46.8. The molecule has 1 atom stereocenters. The number of carbonyl (C=O) groups excluding carboxylic acids is 1. The van der Waals surface area contributed by atoms with Gasteiger partial charge >= 0.3 is 0 Å². The molecule has 0 saturated heterocycles. The normalized spacial score (nSPS) is 15.3. The number of hydrogen-bond acceptors (Lipinski definition) is 9. The van der Waals surface area contributed by atoms with Crippen LogP contribution in [0.4, 0.5) is 0 Å². The second-order valence-electron chi connectivity index (χ2n) is 12.3. The predicted octanol–water partition coefficient (Wildman–Crippen LogP) is 1.58. The van der Waals surface area contributed by atoms with Crippen molar-refractivity contribution < 1.29 is 51.4 Å². The van der Waals surface area contributed by atoms with E-state index in [1.807, 2.05) is 91.0 Å². The third-order valence-corrected chi connectivity index (χ3v) is 9.25. The zero-order valence-electron chi connectivity index (χ0n) is 33.9. The van der Waals surface area contributed by atoms with Crippen molar-refractivity contribution in [3.8, 4) is 0 Å². The molecule has 0 amide bonds. The van der Waals surface area contributed by atoms with E-state index in [9.17, 15) is 4.79 Å². The number of rotatable bonds is 4. The number of carbonyl (C=O) groups is 1. The number of aliphatic imine (C=N–C) groups is 2. The van der Waals surface area contributed by atoms with E-state index in [1.165, 1.54) is 0 Å². The average molecular weight is 882 g/mol. The molecule has 4 aliphatic heterocycles. The predicted molar refractivity (Wildman–Crippen MR) is 227 cm³/mol. The van der Waals surface area contributed by atoms with Gasteiger partial charge in [0.05, 0.1) is 22.8 Å². The van der Waals surface area contributed by atoms with Gasteiger partial charge < -0.3 is 35.8 Å². The molecule has 0 aliphatic carbocycles. The quantitative estimate of drug-likeness (QED) is 0.257. The fourth-order valence-corrected chi connectivity index (χ4v) is 7.05. The van der Waals surface area contributed by atoms with Crippen molar-refractivity contribution in [1.29, 1.82) is 0 Å². The van der Waals surface area contributed by atoms with E-state index in [1.54, 1.807) is 6.08 Å². The Balaban J connectivity index is 0.000000817. The molecule has 2 N–H and O–H groups in total. The van der Waals surface area contributed by atoms with Crippen molar-refractivity contribution in [2.45, 2.75) is 6.04 Å². The number of allylic oxidation sites excluding steroid dienone is 5. The van der Waals surface area contributed by atoms with Crippen LogP contribution in [0, 0.1) is 0 Å². The van der Waals surface area contributed by atoms with Crippen molar-refractivity contribution >= 4 is 39.5 Å². The van der Waals surface area contributed by atoms with Crippen molar-refractivity contribution in [3.05, 3.63) is 214 Å². The smallest absolute Gasteiger partial charge is 0.184 e.